The molecule has 0 radical (unpaired) electrons. The SMILES string of the molecule is CCOC(=O)COc1c(Cl)cc(/C=c2\sc3n(c2=O)[C@@H](c2ccc(OC(C)C)c(OC)c2)C(C(=O)OCC)=C(C)N=3)cc1OC. The third-order valence-corrected chi connectivity index (χ3v) is 7.84. The summed E-state index contributed by atoms with van der Waals surface area (Å²) in [7, 11) is 2.96. The number of carbonyl (C=O) groups is 2. The third kappa shape index (κ3) is 7.34. The van der Waals surface area contributed by atoms with Crippen molar-refractivity contribution in [2.24, 2.45) is 4.99 Å². The molecular weight excluding hydrogens is 624 g/mol. The van der Waals surface area contributed by atoms with Gasteiger partial charge in [0.25, 0.3) is 5.56 Å². The Balaban J connectivity index is 1.85. The molecular formula is C32H35ClN2O9S. The highest BCUT2D eigenvalue weighted by molar-refractivity contribution is 7.07. The zero-order valence-corrected chi connectivity index (χ0v) is 27.7. The summed E-state index contributed by atoms with van der Waals surface area (Å²) >= 11 is 7.66. The minimum Gasteiger partial charge on any atom is -0.493 e. The van der Waals surface area contributed by atoms with Crippen LogP contribution in [0.25, 0.3) is 6.08 Å². The van der Waals surface area contributed by atoms with Gasteiger partial charge < -0.3 is 28.4 Å². The lowest BCUT2D eigenvalue weighted by molar-refractivity contribution is -0.145. The lowest BCUT2D eigenvalue weighted by Gasteiger charge is -2.25. The van der Waals surface area contributed by atoms with Crippen LogP contribution in [0.1, 0.15) is 51.8 Å². The van der Waals surface area contributed by atoms with Crippen molar-refractivity contribution in [3.63, 3.8) is 0 Å². The van der Waals surface area contributed by atoms with Crippen LogP contribution in [-0.2, 0) is 19.1 Å². The van der Waals surface area contributed by atoms with E-state index in [4.69, 9.17) is 40.0 Å². The smallest absolute Gasteiger partial charge is 0.344 e. The fourth-order valence-electron chi connectivity index (χ4n) is 4.76. The standard InChI is InChI=1S/C32H35ClN2O9S/c1-8-41-26(36)16-43-29-21(33)12-19(13-24(29)40-7)14-25-30(37)35-28(20-10-11-22(44-17(3)4)23(15-20)39-6)27(31(38)42-9-2)18(5)34-32(35)45-25/h10-15,17,28H,8-9,16H2,1-7H3/b25-14-/t28-/m0/s1. The number of fused-ring (bicyclic) bond motifs is 1. The number of esters is 2. The number of methoxy groups -OCH3 is 2. The Labute approximate surface area is 269 Å². The molecule has 1 aromatic heterocycles. The number of thiazole rings is 1. The quantitative estimate of drug-likeness (QED) is 0.264. The third-order valence-electron chi connectivity index (χ3n) is 6.57. The Hall–Kier alpha value is -4.29. The molecule has 13 heteroatoms. The molecule has 45 heavy (non-hydrogen) atoms. The van der Waals surface area contributed by atoms with Gasteiger partial charge in [0.05, 0.1) is 60.4 Å². The first kappa shape index (κ1) is 33.6. The maximum atomic E-state index is 14.1. The molecule has 2 heterocycles. The minimum absolute atomic E-state index is 0.0926. The average molecular weight is 659 g/mol. The number of halogens is 1. The molecule has 240 valence electrons. The summed E-state index contributed by atoms with van der Waals surface area (Å²) in [6.07, 6.45) is 1.55. The Bertz CT molecular complexity index is 1810. The molecule has 1 atom stereocenters. The monoisotopic (exact) mass is 658 g/mol. The summed E-state index contributed by atoms with van der Waals surface area (Å²) < 4.78 is 34.6. The molecule has 1 aliphatic rings. The molecule has 1 aliphatic heterocycles. The molecule has 0 bridgehead atoms. The van der Waals surface area contributed by atoms with Crippen LogP contribution in [0.5, 0.6) is 23.0 Å². The number of nitrogens with zero attached hydrogens (tertiary/aromatic N) is 2. The molecule has 11 nitrogen and oxygen atoms in total. The Morgan fingerprint density at radius 1 is 1.04 bits per heavy atom. The van der Waals surface area contributed by atoms with E-state index in [0.717, 1.165) is 11.3 Å². The van der Waals surface area contributed by atoms with Crippen LogP contribution in [0.15, 0.2) is 51.4 Å². The van der Waals surface area contributed by atoms with Crippen molar-refractivity contribution in [2.75, 3.05) is 34.0 Å². The molecule has 0 aliphatic carbocycles. The van der Waals surface area contributed by atoms with Gasteiger partial charge in [-0.15, -0.1) is 0 Å². The minimum atomic E-state index is -0.846. The molecule has 2 aromatic carbocycles. The summed E-state index contributed by atoms with van der Waals surface area (Å²) in [6.45, 7) is 8.96. The normalized spacial score (nSPS) is 14.5. The second kappa shape index (κ2) is 14.7. The molecule has 0 fully saturated rings. The van der Waals surface area contributed by atoms with E-state index in [1.807, 2.05) is 13.8 Å². The molecule has 0 amide bonds. The predicted octanol–water partition coefficient (Wildman–Crippen LogP) is 4.20. The fourth-order valence-corrected chi connectivity index (χ4v) is 6.08. The van der Waals surface area contributed by atoms with E-state index in [2.05, 4.69) is 4.99 Å². The molecule has 0 spiro atoms. The van der Waals surface area contributed by atoms with Gasteiger partial charge >= 0.3 is 11.9 Å². The summed E-state index contributed by atoms with van der Waals surface area (Å²) in [5.41, 5.74) is 1.45. The van der Waals surface area contributed by atoms with Gasteiger partial charge in [-0.3, -0.25) is 9.36 Å². The van der Waals surface area contributed by atoms with Crippen LogP contribution in [-0.4, -0.2) is 56.6 Å². The highest BCUT2D eigenvalue weighted by Gasteiger charge is 2.34. The van der Waals surface area contributed by atoms with Crippen LogP contribution in [0.3, 0.4) is 0 Å². The molecule has 0 N–H and O–H groups in total. The van der Waals surface area contributed by atoms with Crippen LogP contribution < -0.4 is 33.8 Å². The summed E-state index contributed by atoms with van der Waals surface area (Å²) in [6, 6.07) is 7.67. The summed E-state index contributed by atoms with van der Waals surface area (Å²) in [5, 5.41) is 0.173. The van der Waals surface area contributed by atoms with Crippen LogP contribution in [0.4, 0.5) is 0 Å². The van der Waals surface area contributed by atoms with Crippen molar-refractivity contribution in [2.45, 2.75) is 46.8 Å². The van der Waals surface area contributed by atoms with Crippen molar-refractivity contribution >= 4 is 41.0 Å². The first-order valence-electron chi connectivity index (χ1n) is 14.2. The van der Waals surface area contributed by atoms with E-state index in [0.29, 0.717) is 37.7 Å². The van der Waals surface area contributed by atoms with E-state index in [1.54, 1.807) is 57.2 Å². The number of rotatable bonds is 12. The lowest BCUT2D eigenvalue weighted by Crippen LogP contribution is -2.40. The zero-order valence-electron chi connectivity index (χ0n) is 26.1. The highest BCUT2D eigenvalue weighted by atomic mass is 35.5. The van der Waals surface area contributed by atoms with Gasteiger partial charge in [-0.1, -0.05) is 29.0 Å². The second-order valence-corrected chi connectivity index (χ2v) is 11.4. The van der Waals surface area contributed by atoms with E-state index in [-0.39, 0.29) is 53.6 Å². The van der Waals surface area contributed by atoms with Gasteiger partial charge in [0.15, 0.2) is 34.4 Å². The Morgan fingerprint density at radius 2 is 1.76 bits per heavy atom. The van der Waals surface area contributed by atoms with E-state index < -0.39 is 18.0 Å². The van der Waals surface area contributed by atoms with Crippen LogP contribution in [0.2, 0.25) is 5.02 Å². The predicted molar refractivity (Wildman–Crippen MR) is 169 cm³/mol. The van der Waals surface area contributed by atoms with Crippen LogP contribution in [0, 0.1) is 0 Å². The zero-order chi connectivity index (χ0) is 32.8. The van der Waals surface area contributed by atoms with Gasteiger partial charge in [0.1, 0.15) is 0 Å². The van der Waals surface area contributed by atoms with Gasteiger partial charge in [0, 0.05) is 0 Å². The number of ether oxygens (including phenoxy) is 6. The number of allylic oxidation sites excluding steroid dienone is 1. The molecule has 3 aromatic rings. The molecule has 0 saturated heterocycles. The fraction of sp³-hybridized carbons (Fsp3) is 0.375. The molecule has 0 saturated carbocycles. The Kier molecular flexibility index (Phi) is 10.9. The highest BCUT2D eigenvalue weighted by Crippen LogP contribution is 2.38. The summed E-state index contributed by atoms with van der Waals surface area (Å²) in [5.74, 6) is 0.289. The number of hydrogen-bond donors (Lipinski definition) is 0. The maximum absolute atomic E-state index is 14.1. The van der Waals surface area contributed by atoms with Crippen molar-refractivity contribution in [3.8, 4) is 23.0 Å². The second-order valence-electron chi connectivity index (χ2n) is 10.0. The van der Waals surface area contributed by atoms with E-state index in [9.17, 15) is 14.4 Å². The topological polar surface area (TPSA) is 124 Å². The first-order chi connectivity index (χ1) is 21.5. The van der Waals surface area contributed by atoms with Crippen molar-refractivity contribution < 1.29 is 38.0 Å². The van der Waals surface area contributed by atoms with Crippen molar-refractivity contribution in [3.05, 3.63) is 77.4 Å². The lowest BCUT2D eigenvalue weighted by atomic mass is 9.95. The van der Waals surface area contributed by atoms with Gasteiger partial charge in [0.2, 0.25) is 0 Å². The number of hydrogen-bond acceptors (Lipinski definition) is 11. The van der Waals surface area contributed by atoms with E-state index >= 15 is 0 Å². The molecule has 0 unspecified atom stereocenters. The number of aromatic nitrogens is 1. The maximum Gasteiger partial charge on any atom is 0.344 e. The largest absolute Gasteiger partial charge is 0.493 e. The Morgan fingerprint density at radius 3 is 2.40 bits per heavy atom. The van der Waals surface area contributed by atoms with Gasteiger partial charge in [-0.2, -0.15) is 0 Å². The summed E-state index contributed by atoms with van der Waals surface area (Å²) in [4.78, 5) is 44.1. The first-order valence-corrected chi connectivity index (χ1v) is 15.4. The number of benzene rings is 2. The van der Waals surface area contributed by atoms with Gasteiger partial charge in [-0.25, -0.2) is 14.6 Å². The van der Waals surface area contributed by atoms with Crippen molar-refractivity contribution in [1.29, 1.82) is 0 Å². The van der Waals surface area contributed by atoms with E-state index in [1.165, 1.54) is 18.8 Å². The number of carbonyl (C=O) groups excluding carboxylic acids is 2. The van der Waals surface area contributed by atoms with Gasteiger partial charge in [-0.05, 0) is 76.1 Å². The molecule has 4 rings (SSSR count). The average Bonchev–Trinajstić information content (AvgIpc) is 3.29. The van der Waals surface area contributed by atoms with Crippen LogP contribution >= 0.6 is 22.9 Å². The van der Waals surface area contributed by atoms with Crippen molar-refractivity contribution in [1.82, 2.24) is 4.57 Å².